The van der Waals surface area contributed by atoms with E-state index in [1.54, 1.807) is 13.0 Å². The summed E-state index contributed by atoms with van der Waals surface area (Å²) < 4.78 is 39.0. The van der Waals surface area contributed by atoms with E-state index >= 15 is 0 Å². The molecule has 1 atom stereocenters. The molecule has 1 aliphatic carbocycles. The number of thiophene rings is 1. The molecule has 5 rings (SSSR count). The van der Waals surface area contributed by atoms with Crippen LogP contribution < -0.4 is 5.32 Å². The van der Waals surface area contributed by atoms with Crippen LogP contribution in [0.4, 0.5) is 0 Å². The summed E-state index contributed by atoms with van der Waals surface area (Å²) in [5.74, 6) is 1.26. The van der Waals surface area contributed by atoms with Gasteiger partial charge in [-0.2, -0.15) is 9.29 Å². The van der Waals surface area contributed by atoms with Crippen LogP contribution in [0.15, 0.2) is 15.5 Å². The number of nitrogens with zero attached hydrogens (tertiary/aromatic N) is 3. The minimum absolute atomic E-state index is 0.00452. The largest absolute Gasteiger partial charge is 0.376 e. The zero-order valence-electron chi connectivity index (χ0n) is 18.1. The van der Waals surface area contributed by atoms with E-state index in [9.17, 15) is 13.2 Å². The zero-order chi connectivity index (χ0) is 22.3. The molecule has 1 N–H and O–H groups in total. The summed E-state index contributed by atoms with van der Waals surface area (Å²) in [6.07, 6.45) is 5.28. The Morgan fingerprint density at radius 2 is 2.03 bits per heavy atom. The van der Waals surface area contributed by atoms with Crippen molar-refractivity contribution in [1.82, 2.24) is 19.8 Å². The molecule has 2 aliphatic heterocycles. The lowest BCUT2D eigenvalue weighted by molar-refractivity contribution is -0.126. The maximum absolute atomic E-state index is 13.3. The lowest BCUT2D eigenvalue weighted by Crippen LogP contribution is -2.44. The molecule has 2 aromatic rings. The first-order valence-corrected chi connectivity index (χ1v) is 13.5. The second kappa shape index (κ2) is 8.85. The van der Waals surface area contributed by atoms with Crippen LogP contribution in [0.25, 0.3) is 10.7 Å². The molecular weight excluding hydrogens is 452 g/mol. The average molecular weight is 481 g/mol. The van der Waals surface area contributed by atoms with Gasteiger partial charge >= 0.3 is 0 Å². The SMILES string of the molecule is Cc1sc(-c2noc(C3CC3)n2)cc1S(=O)(=O)N1CCC(C(=O)NC[C@@H]2CCCO2)CC1. The van der Waals surface area contributed by atoms with Gasteiger partial charge in [0, 0.05) is 43.0 Å². The topological polar surface area (TPSA) is 115 Å². The number of hydrogen-bond donors (Lipinski definition) is 1. The van der Waals surface area contributed by atoms with E-state index in [1.807, 2.05) is 0 Å². The van der Waals surface area contributed by atoms with Crippen LogP contribution in [0.5, 0.6) is 0 Å². The summed E-state index contributed by atoms with van der Waals surface area (Å²) >= 11 is 1.36. The third kappa shape index (κ3) is 4.48. The van der Waals surface area contributed by atoms with Gasteiger partial charge in [-0.1, -0.05) is 5.16 Å². The maximum atomic E-state index is 13.3. The third-order valence-corrected chi connectivity index (χ3v) is 9.63. The molecule has 0 bridgehead atoms. The molecule has 1 amide bonds. The minimum atomic E-state index is -3.65. The van der Waals surface area contributed by atoms with Crippen LogP contribution >= 0.6 is 11.3 Å². The van der Waals surface area contributed by atoms with Crippen LogP contribution in [0.3, 0.4) is 0 Å². The van der Waals surface area contributed by atoms with E-state index < -0.39 is 10.0 Å². The number of rotatable bonds is 7. The van der Waals surface area contributed by atoms with Crippen molar-refractivity contribution < 1.29 is 22.5 Å². The smallest absolute Gasteiger partial charge is 0.244 e. The van der Waals surface area contributed by atoms with Crippen LogP contribution in [0, 0.1) is 12.8 Å². The van der Waals surface area contributed by atoms with Crippen molar-refractivity contribution >= 4 is 27.3 Å². The zero-order valence-corrected chi connectivity index (χ0v) is 19.7. The summed E-state index contributed by atoms with van der Waals surface area (Å²) in [6.45, 7) is 3.76. The lowest BCUT2D eigenvalue weighted by Gasteiger charge is -2.30. The van der Waals surface area contributed by atoms with E-state index in [1.165, 1.54) is 15.6 Å². The number of carbonyl (C=O) groups excluding carboxylic acids is 1. The predicted molar refractivity (Wildman–Crippen MR) is 118 cm³/mol. The van der Waals surface area contributed by atoms with Gasteiger partial charge < -0.3 is 14.6 Å². The molecule has 174 valence electrons. The molecule has 0 radical (unpaired) electrons. The third-order valence-electron chi connectivity index (χ3n) is 6.43. The number of sulfonamides is 1. The van der Waals surface area contributed by atoms with Crippen LogP contribution in [0.1, 0.15) is 55.2 Å². The van der Waals surface area contributed by atoms with Gasteiger partial charge in [-0.05, 0) is 51.5 Å². The van der Waals surface area contributed by atoms with Gasteiger partial charge in [-0.25, -0.2) is 8.42 Å². The van der Waals surface area contributed by atoms with E-state index in [0.29, 0.717) is 59.9 Å². The Morgan fingerprint density at radius 3 is 2.72 bits per heavy atom. The quantitative estimate of drug-likeness (QED) is 0.648. The van der Waals surface area contributed by atoms with E-state index in [0.717, 1.165) is 32.3 Å². The monoisotopic (exact) mass is 480 g/mol. The van der Waals surface area contributed by atoms with Crippen molar-refractivity contribution in [2.75, 3.05) is 26.2 Å². The van der Waals surface area contributed by atoms with Gasteiger partial charge in [0.25, 0.3) is 0 Å². The van der Waals surface area contributed by atoms with Gasteiger partial charge in [0.2, 0.25) is 27.6 Å². The van der Waals surface area contributed by atoms with Gasteiger partial charge in [-0.3, -0.25) is 4.79 Å². The number of piperidine rings is 1. The Morgan fingerprint density at radius 1 is 1.25 bits per heavy atom. The number of aromatic nitrogens is 2. The van der Waals surface area contributed by atoms with Crippen LogP contribution in [0.2, 0.25) is 0 Å². The van der Waals surface area contributed by atoms with Crippen LogP contribution in [-0.4, -0.2) is 61.1 Å². The fraction of sp³-hybridized carbons (Fsp3) is 0.667. The van der Waals surface area contributed by atoms with E-state index in [4.69, 9.17) is 9.26 Å². The van der Waals surface area contributed by atoms with Crippen molar-refractivity contribution in [2.24, 2.45) is 5.92 Å². The van der Waals surface area contributed by atoms with E-state index in [2.05, 4.69) is 15.5 Å². The highest BCUT2D eigenvalue weighted by Crippen LogP contribution is 2.41. The Balaban J connectivity index is 1.21. The Bertz CT molecular complexity index is 1080. The molecule has 1 saturated carbocycles. The van der Waals surface area contributed by atoms with Crippen molar-refractivity contribution in [3.8, 4) is 10.7 Å². The summed E-state index contributed by atoms with van der Waals surface area (Å²) in [5.41, 5.74) is 0. The predicted octanol–water partition coefficient (Wildman–Crippen LogP) is 2.68. The number of hydrogen-bond acceptors (Lipinski definition) is 8. The van der Waals surface area contributed by atoms with Crippen molar-refractivity contribution in [2.45, 2.75) is 62.4 Å². The molecule has 0 spiro atoms. The molecule has 3 fully saturated rings. The summed E-state index contributed by atoms with van der Waals surface area (Å²) in [5, 5.41) is 7.01. The molecule has 9 nitrogen and oxygen atoms in total. The first-order valence-electron chi connectivity index (χ1n) is 11.3. The highest BCUT2D eigenvalue weighted by atomic mass is 32.2. The second-order valence-electron chi connectivity index (χ2n) is 8.82. The fourth-order valence-corrected chi connectivity index (χ4v) is 7.28. The maximum Gasteiger partial charge on any atom is 0.244 e. The van der Waals surface area contributed by atoms with Crippen molar-refractivity contribution in [1.29, 1.82) is 0 Å². The second-order valence-corrected chi connectivity index (χ2v) is 12.0. The number of amides is 1. The fourth-order valence-electron chi connectivity index (χ4n) is 4.32. The van der Waals surface area contributed by atoms with Crippen molar-refractivity contribution in [3.63, 3.8) is 0 Å². The van der Waals surface area contributed by atoms with Gasteiger partial charge in [0.1, 0.15) is 0 Å². The van der Waals surface area contributed by atoms with Crippen LogP contribution in [-0.2, 0) is 19.6 Å². The Kier molecular flexibility index (Phi) is 6.08. The Labute approximate surface area is 191 Å². The molecule has 2 aromatic heterocycles. The standard InChI is InChI=1S/C21H28N4O5S2/c1-13-18(11-17(31-13)19-23-21(30-24-19)15-4-5-15)32(27,28)25-8-6-14(7-9-25)20(26)22-12-16-3-2-10-29-16/h11,14-16H,2-10,12H2,1H3,(H,22,26)/t16-/m0/s1. The Hall–Kier alpha value is -1.82. The molecular formula is C21H28N4O5S2. The molecule has 0 aromatic carbocycles. The molecule has 2 saturated heterocycles. The van der Waals surface area contributed by atoms with E-state index in [-0.39, 0.29) is 22.8 Å². The number of carbonyl (C=O) groups is 1. The highest BCUT2D eigenvalue weighted by molar-refractivity contribution is 7.89. The normalized spacial score (nSPS) is 23.0. The lowest BCUT2D eigenvalue weighted by atomic mass is 9.97. The molecule has 11 heteroatoms. The summed E-state index contributed by atoms with van der Waals surface area (Å²) in [6, 6.07) is 1.65. The number of nitrogens with one attached hydrogen (secondary N) is 1. The first-order chi connectivity index (χ1) is 15.4. The van der Waals surface area contributed by atoms with Gasteiger partial charge in [0.15, 0.2) is 0 Å². The summed E-state index contributed by atoms with van der Waals surface area (Å²) in [7, 11) is -3.65. The average Bonchev–Trinajstić information content (AvgIpc) is 3.18. The number of aryl methyl sites for hydroxylation is 1. The molecule has 32 heavy (non-hydrogen) atoms. The summed E-state index contributed by atoms with van der Waals surface area (Å²) in [4.78, 5) is 18.6. The molecule has 0 unspecified atom stereocenters. The molecule has 3 aliphatic rings. The molecule has 4 heterocycles. The first kappa shape index (κ1) is 22.0. The highest BCUT2D eigenvalue weighted by Gasteiger charge is 2.35. The number of ether oxygens (including phenoxy) is 1. The van der Waals surface area contributed by atoms with Gasteiger partial charge in [0.05, 0.1) is 15.9 Å². The van der Waals surface area contributed by atoms with Gasteiger partial charge in [-0.15, -0.1) is 11.3 Å². The van der Waals surface area contributed by atoms with Crippen molar-refractivity contribution in [3.05, 3.63) is 16.8 Å². The minimum Gasteiger partial charge on any atom is -0.376 e.